The molecular formula is C14H26N2O2. The molecule has 18 heavy (non-hydrogen) atoms. The number of nitrogens with zero attached hydrogens (tertiary/aromatic N) is 1. The minimum absolute atomic E-state index is 0.0299. The van der Waals surface area contributed by atoms with Gasteiger partial charge in [0, 0.05) is 26.7 Å². The number of carbonyl (C=O) groups is 1. The van der Waals surface area contributed by atoms with Gasteiger partial charge in [0.05, 0.1) is 6.61 Å². The predicted octanol–water partition coefficient (Wildman–Crippen LogP) is 2.10. The first kappa shape index (κ1) is 13.7. The summed E-state index contributed by atoms with van der Waals surface area (Å²) in [6, 6.07) is 0.333. The summed E-state index contributed by atoms with van der Waals surface area (Å²) < 4.78 is 4.99. The SMILES string of the molecule is COCCN(C)C(=O)NC(C)C1CC2CCC1C2. The fourth-order valence-electron chi connectivity index (χ4n) is 3.65. The number of nitrogens with one attached hydrogen (secondary N) is 1. The lowest BCUT2D eigenvalue weighted by molar-refractivity contribution is 0.154. The van der Waals surface area contributed by atoms with Crippen LogP contribution in [0.25, 0.3) is 0 Å². The van der Waals surface area contributed by atoms with Gasteiger partial charge in [0.25, 0.3) is 0 Å². The molecule has 0 aromatic carbocycles. The molecule has 2 amide bonds. The van der Waals surface area contributed by atoms with Crippen molar-refractivity contribution in [3.63, 3.8) is 0 Å². The van der Waals surface area contributed by atoms with Crippen LogP contribution >= 0.6 is 0 Å². The van der Waals surface area contributed by atoms with Gasteiger partial charge in [0.1, 0.15) is 0 Å². The quantitative estimate of drug-likeness (QED) is 0.816. The molecule has 2 aliphatic carbocycles. The van der Waals surface area contributed by atoms with Crippen LogP contribution in [-0.2, 0) is 4.74 Å². The van der Waals surface area contributed by atoms with Crippen molar-refractivity contribution in [2.24, 2.45) is 17.8 Å². The zero-order valence-electron chi connectivity index (χ0n) is 11.8. The van der Waals surface area contributed by atoms with Crippen LogP contribution in [0.1, 0.15) is 32.6 Å². The molecular weight excluding hydrogens is 228 g/mol. The van der Waals surface area contributed by atoms with Crippen LogP contribution in [0.5, 0.6) is 0 Å². The number of carbonyl (C=O) groups excluding carboxylic acids is 1. The lowest BCUT2D eigenvalue weighted by Gasteiger charge is -2.30. The highest BCUT2D eigenvalue weighted by atomic mass is 16.5. The molecule has 4 atom stereocenters. The van der Waals surface area contributed by atoms with E-state index in [1.54, 1.807) is 12.0 Å². The average Bonchev–Trinajstić information content (AvgIpc) is 2.97. The van der Waals surface area contributed by atoms with E-state index in [0.29, 0.717) is 25.1 Å². The topological polar surface area (TPSA) is 41.6 Å². The molecule has 4 unspecified atom stereocenters. The Kier molecular flexibility index (Phi) is 4.49. The molecule has 0 aliphatic heterocycles. The van der Waals surface area contributed by atoms with Gasteiger partial charge in [-0.3, -0.25) is 0 Å². The summed E-state index contributed by atoms with van der Waals surface area (Å²) >= 11 is 0. The van der Waals surface area contributed by atoms with Gasteiger partial charge >= 0.3 is 6.03 Å². The zero-order valence-corrected chi connectivity index (χ0v) is 11.8. The second-order valence-electron chi connectivity index (χ2n) is 5.99. The van der Waals surface area contributed by atoms with Crippen LogP contribution in [0, 0.1) is 17.8 Å². The smallest absolute Gasteiger partial charge is 0.317 e. The normalized spacial score (nSPS) is 31.4. The van der Waals surface area contributed by atoms with Crippen molar-refractivity contribution >= 4 is 6.03 Å². The van der Waals surface area contributed by atoms with Gasteiger partial charge in [-0.15, -0.1) is 0 Å². The molecule has 0 saturated heterocycles. The van der Waals surface area contributed by atoms with Crippen molar-refractivity contribution in [3.05, 3.63) is 0 Å². The molecule has 0 spiro atoms. The van der Waals surface area contributed by atoms with E-state index in [0.717, 1.165) is 11.8 Å². The minimum Gasteiger partial charge on any atom is -0.383 e. The lowest BCUT2D eigenvalue weighted by atomic mass is 9.84. The van der Waals surface area contributed by atoms with E-state index in [1.807, 2.05) is 7.05 Å². The minimum atomic E-state index is 0.0299. The van der Waals surface area contributed by atoms with Crippen LogP contribution in [0.4, 0.5) is 4.79 Å². The number of fused-ring (bicyclic) bond motifs is 2. The maximum atomic E-state index is 12.0. The Labute approximate surface area is 110 Å². The van der Waals surface area contributed by atoms with Gasteiger partial charge in [0.2, 0.25) is 0 Å². The molecule has 104 valence electrons. The molecule has 2 rings (SSSR count). The second kappa shape index (κ2) is 5.91. The Bertz CT molecular complexity index is 296. The number of amides is 2. The third-order valence-electron chi connectivity index (χ3n) is 4.76. The van der Waals surface area contributed by atoms with Crippen molar-refractivity contribution in [2.45, 2.75) is 38.6 Å². The summed E-state index contributed by atoms with van der Waals surface area (Å²) in [7, 11) is 3.48. The van der Waals surface area contributed by atoms with E-state index in [-0.39, 0.29) is 6.03 Å². The molecule has 0 aromatic heterocycles. The molecule has 0 aromatic rings. The Balaban J connectivity index is 1.76. The van der Waals surface area contributed by atoms with Crippen LogP contribution in [0.2, 0.25) is 0 Å². The van der Waals surface area contributed by atoms with E-state index in [2.05, 4.69) is 12.2 Å². The Morgan fingerprint density at radius 3 is 2.78 bits per heavy atom. The summed E-state index contributed by atoms with van der Waals surface area (Å²) in [5, 5.41) is 3.15. The highest BCUT2D eigenvalue weighted by molar-refractivity contribution is 5.74. The van der Waals surface area contributed by atoms with Gasteiger partial charge < -0.3 is 15.0 Å². The van der Waals surface area contributed by atoms with Gasteiger partial charge in [-0.1, -0.05) is 6.42 Å². The molecule has 2 fully saturated rings. The van der Waals surface area contributed by atoms with E-state index < -0.39 is 0 Å². The highest BCUT2D eigenvalue weighted by Crippen LogP contribution is 2.49. The Hall–Kier alpha value is -0.770. The fourth-order valence-corrected chi connectivity index (χ4v) is 3.65. The zero-order chi connectivity index (χ0) is 13.1. The third-order valence-corrected chi connectivity index (χ3v) is 4.76. The number of ether oxygens (including phenoxy) is 1. The molecule has 1 N–H and O–H groups in total. The summed E-state index contributed by atoms with van der Waals surface area (Å²) in [6.45, 7) is 3.39. The number of urea groups is 1. The summed E-state index contributed by atoms with van der Waals surface area (Å²) in [6.07, 6.45) is 5.49. The van der Waals surface area contributed by atoms with Gasteiger partial charge in [-0.2, -0.15) is 0 Å². The van der Waals surface area contributed by atoms with Gasteiger partial charge in [0.15, 0.2) is 0 Å². The average molecular weight is 254 g/mol. The molecule has 0 heterocycles. The van der Waals surface area contributed by atoms with E-state index >= 15 is 0 Å². The van der Waals surface area contributed by atoms with Crippen molar-refractivity contribution in [3.8, 4) is 0 Å². The first-order chi connectivity index (χ1) is 8.61. The van der Waals surface area contributed by atoms with Gasteiger partial charge in [-0.25, -0.2) is 4.79 Å². The van der Waals surface area contributed by atoms with Crippen LogP contribution in [0.15, 0.2) is 0 Å². The maximum Gasteiger partial charge on any atom is 0.317 e. The van der Waals surface area contributed by atoms with Crippen molar-refractivity contribution < 1.29 is 9.53 Å². The molecule has 0 radical (unpaired) electrons. The fraction of sp³-hybridized carbons (Fsp3) is 0.929. The molecule has 2 saturated carbocycles. The number of rotatable bonds is 5. The molecule has 4 heteroatoms. The Morgan fingerprint density at radius 2 is 2.22 bits per heavy atom. The van der Waals surface area contributed by atoms with Crippen LogP contribution in [-0.4, -0.2) is 44.3 Å². The monoisotopic (exact) mass is 254 g/mol. The Morgan fingerprint density at radius 1 is 1.44 bits per heavy atom. The van der Waals surface area contributed by atoms with Crippen LogP contribution < -0.4 is 5.32 Å². The lowest BCUT2D eigenvalue weighted by Crippen LogP contribution is -2.46. The first-order valence-electron chi connectivity index (χ1n) is 7.12. The first-order valence-corrected chi connectivity index (χ1v) is 7.12. The molecule has 2 bridgehead atoms. The second-order valence-corrected chi connectivity index (χ2v) is 5.99. The molecule has 4 nitrogen and oxygen atoms in total. The number of hydrogen-bond acceptors (Lipinski definition) is 2. The van der Waals surface area contributed by atoms with Crippen molar-refractivity contribution in [2.75, 3.05) is 27.3 Å². The third kappa shape index (κ3) is 2.97. The van der Waals surface area contributed by atoms with Crippen LogP contribution in [0.3, 0.4) is 0 Å². The number of methoxy groups -OCH3 is 1. The van der Waals surface area contributed by atoms with Gasteiger partial charge in [-0.05, 0) is 43.9 Å². The summed E-state index contributed by atoms with van der Waals surface area (Å²) in [5.74, 6) is 2.49. The van der Waals surface area contributed by atoms with Crippen molar-refractivity contribution in [1.82, 2.24) is 10.2 Å². The standard InChI is InChI=1S/C14H26N2O2/c1-10(13-9-11-4-5-12(13)8-11)15-14(17)16(2)6-7-18-3/h10-13H,4-9H2,1-3H3,(H,15,17). The van der Waals surface area contributed by atoms with E-state index in [9.17, 15) is 4.79 Å². The number of likely N-dealkylation sites (N-methyl/N-ethyl adjacent to an activating group) is 1. The van der Waals surface area contributed by atoms with Crippen molar-refractivity contribution in [1.29, 1.82) is 0 Å². The maximum absolute atomic E-state index is 12.0. The molecule has 2 aliphatic rings. The highest BCUT2D eigenvalue weighted by Gasteiger charge is 2.42. The largest absolute Gasteiger partial charge is 0.383 e. The summed E-state index contributed by atoms with van der Waals surface area (Å²) in [4.78, 5) is 13.7. The summed E-state index contributed by atoms with van der Waals surface area (Å²) in [5.41, 5.74) is 0. The number of hydrogen-bond donors (Lipinski definition) is 1. The predicted molar refractivity (Wildman–Crippen MR) is 71.4 cm³/mol. The van der Waals surface area contributed by atoms with E-state index in [1.165, 1.54) is 25.7 Å². The van der Waals surface area contributed by atoms with E-state index in [4.69, 9.17) is 4.74 Å².